The van der Waals surface area contributed by atoms with Gasteiger partial charge in [-0.2, -0.15) is 0 Å². The number of nitrogens with one attached hydrogen (secondary N) is 1. The van der Waals surface area contributed by atoms with Crippen molar-refractivity contribution in [3.8, 4) is 0 Å². The van der Waals surface area contributed by atoms with Gasteiger partial charge in [-0.15, -0.1) is 11.3 Å². The minimum absolute atomic E-state index is 0.0102. The zero-order valence-electron chi connectivity index (χ0n) is 14.0. The third-order valence-electron chi connectivity index (χ3n) is 4.62. The van der Waals surface area contributed by atoms with Crippen LogP contribution < -0.4 is 5.32 Å². The van der Waals surface area contributed by atoms with E-state index in [1.54, 1.807) is 0 Å². The maximum atomic E-state index is 12.6. The number of amides is 2. The summed E-state index contributed by atoms with van der Waals surface area (Å²) >= 11 is 1.45. The fourth-order valence-corrected chi connectivity index (χ4v) is 3.58. The summed E-state index contributed by atoms with van der Waals surface area (Å²) in [6, 6.07) is 9.71. The Morgan fingerprint density at radius 1 is 1.12 bits per heavy atom. The minimum Gasteiger partial charge on any atom is -0.348 e. The fraction of sp³-hybridized carbons (Fsp3) is 0.368. The van der Waals surface area contributed by atoms with Crippen molar-refractivity contribution >= 4 is 23.2 Å². The van der Waals surface area contributed by atoms with E-state index in [9.17, 15) is 9.59 Å². The molecule has 126 valence electrons. The molecule has 3 rings (SSSR count). The average Bonchev–Trinajstić information content (AvgIpc) is 3.12. The SMILES string of the molecule is Cc1ccc(C(=O)N2CCC(NC(=O)c3cccs3)CC2)cc1C. The number of likely N-dealkylation sites (tertiary alicyclic amines) is 1. The molecule has 5 heteroatoms. The molecule has 1 aromatic heterocycles. The van der Waals surface area contributed by atoms with Crippen LogP contribution in [0, 0.1) is 13.8 Å². The van der Waals surface area contributed by atoms with Crippen LogP contribution in [0.1, 0.15) is 44.0 Å². The number of carbonyl (C=O) groups excluding carboxylic acids is 2. The molecule has 1 aromatic carbocycles. The second kappa shape index (κ2) is 7.18. The van der Waals surface area contributed by atoms with Crippen molar-refractivity contribution in [3.05, 3.63) is 57.3 Å². The Kier molecular flexibility index (Phi) is 5.00. The zero-order chi connectivity index (χ0) is 17.1. The molecule has 0 atom stereocenters. The molecule has 0 bridgehead atoms. The standard InChI is InChI=1S/C19H22N2O2S/c1-13-5-6-15(12-14(13)2)19(23)21-9-7-16(8-10-21)20-18(22)17-4-3-11-24-17/h3-6,11-12,16H,7-10H2,1-2H3,(H,20,22). The molecule has 1 aliphatic heterocycles. The Hall–Kier alpha value is -2.14. The van der Waals surface area contributed by atoms with Crippen LogP contribution in [0.3, 0.4) is 0 Å². The topological polar surface area (TPSA) is 49.4 Å². The number of piperidine rings is 1. The van der Waals surface area contributed by atoms with Crippen molar-refractivity contribution in [2.45, 2.75) is 32.7 Å². The zero-order valence-corrected chi connectivity index (χ0v) is 14.9. The first-order valence-electron chi connectivity index (χ1n) is 8.25. The third kappa shape index (κ3) is 3.67. The predicted octanol–water partition coefficient (Wildman–Crippen LogP) is 3.40. The molecule has 1 saturated heterocycles. The summed E-state index contributed by atoms with van der Waals surface area (Å²) in [7, 11) is 0. The van der Waals surface area contributed by atoms with Crippen molar-refractivity contribution in [1.82, 2.24) is 10.2 Å². The van der Waals surface area contributed by atoms with Crippen molar-refractivity contribution in [2.24, 2.45) is 0 Å². The molecule has 24 heavy (non-hydrogen) atoms. The lowest BCUT2D eigenvalue weighted by Crippen LogP contribution is -2.46. The first kappa shape index (κ1) is 16.7. The predicted molar refractivity (Wildman–Crippen MR) is 96.6 cm³/mol. The van der Waals surface area contributed by atoms with Gasteiger partial charge in [0.2, 0.25) is 0 Å². The second-order valence-electron chi connectivity index (χ2n) is 6.32. The number of nitrogens with zero attached hydrogens (tertiary/aromatic N) is 1. The Bertz CT molecular complexity index is 732. The highest BCUT2D eigenvalue weighted by molar-refractivity contribution is 7.12. The molecular formula is C19H22N2O2S. The monoisotopic (exact) mass is 342 g/mol. The van der Waals surface area contributed by atoms with E-state index in [1.165, 1.54) is 16.9 Å². The normalized spacial score (nSPS) is 15.3. The molecule has 0 saturated carbocycles. The van der Waals surface area contributed by atoms with Crippen LogP contribution in [0.25, 0.3) is 0 Å². The number of hydrogen-bond donors (Lipinski definition) is 1. The molecule has 1 fully saturated rings. The van der Waals surface area contributed by atoms with Gasteiger partial charge in [-0.25, -0.2) is 0 Å². The van der Waals surface area contributed by atoms with Gasteiger partial charge in [-0.1, -0.05) is 12.1 Å². The van der Waals surface area contributed by atoms with Crippen molar-refractivity contribution in [3.63, 3.8) is 0 Å². The molecule has 2 amide bonds. The van der Waals surface area contributed by atoms with E-state index in [4.69, 9.17) is 0 Å². The van der Waals surface area contributed by atoms with Gasteiger partial charge < -0.3 is 10.2 Å². The van der Waals surface area contributed by atoms with Crippen LogP contribution in [0.5, 0.6) is 0 Å². The van der Waals surface area contributed by atoms with Crippen LogP contribution >= 0.6 is 11.3 Å². The van der Waals surface area contributed by atoms with Crippen LogP contribution in [-0.4, -0.2) is 35.8 Å². The lowest BCUT2D eigenvalue weighted by Gasteiger charge is -2.32. The highest BCUT2D eigenvalue weighted by atomic mass is 32.1. The molecule has 0 radical (unpaired) electrons. The number of hydrogen-bond acceptors (Lipinski definition) is 3. The number of thiophene rings is 1. The number of carbonyl (C=O) groups is 2. The van der Waals surface area contributed by atoms with E-state index < -0.39 is 0 Å². The van der Waals surface area contributed by atoms with E-state index in [2.05, 4.69) is 5.32 Å². The van der Waals surface area contributed by atoms with Crippen LogP contribution in [-0.2, 0) is 0 Å². The Morgan fingerprint density at radius 3 is 2.50 bits per heavy atom. The maximum absolute atomic E-state index is 12.6. The quantitative estimate of drug-likeness (QED) is 0.929. The summed E-state index contributed by atoms with van der Waals surface area (Å²) < 4.78 is 0. The van der Waals surface area contributed by atoms with Gasteiger partial charge >= 0.3 is 0 Å². The third-order valence-corrected chi connectivity index (χ3v) is 5.48. The summed E-state index contributed by atoms with van der Waals surface area (Å²) in [6.45, 7) is 5.44. The van der Waals surface area contributed by atoms with E-state index >= 15 is 0 Å². The van der Waals surface area contributed by atoms with Gasteiger partial charge in [0.1, 0.15) is 0 Å². The first-order chi connectivity index (χ1) is 11.5. The smallest absolute Gasteiger partial charge is 0.261 e. The molecule has 1 aliphatic rings. The van der Waals surface area contributed by atoms with Gasteiger partial charge in [0.15, 0.2) is 0 Å². The molecule has 2 aromatic rings. The fourth-order valence-electron chi connectivity index (χ4n) is 2.95. The summed E-state index contributed by atoms with van der Waals surface area (Å²) in [5, 5.41) is 4.97. The molecule has 0 aliphatic carbocycles. The molecule has 1 N–H and O–H groups in total. The van der Waals surface area contributed by atoms with Gasteiger partial charge in [-0.3, -0.25) is 9.59 Å². The van der Waals surface area contributed by atoms with Crippen LogP contribution in [0.15, 0.2) is 35.7 Å². The molecule has 2 heterocycles. The van der Waals surface area contributed by atoms with Gasteiger partial charge in [-0.05, 0) is 61.4 Å². The Balaban J connectivity index is 1.55. The van der Waals surface area contributed by atoms with Crippen molar-refractivity contribution < 1.29 is 9.59 Å². The summed E-state index contributed by atoms with van der Waals surface area (Å²) in [5.41, 5.74) is 3.08. The Morgan fingerprint density at radius 2 is 1.88 bits per heavy atom. The van der Waals surface area contributed by atoms with Crippen LogP contribution in [0.2, 0.25) is 0 Å². The lowest BCUT2D eigenvalue weighted by atomic mass is 10.0. The minimum atomic E-state index is -0.0102. The Labute approximate surface area is 146 Å². The average molecular weight is 342 g/mol. The van der Waals surface area contributed by atoms with Crippen LogP contribution in [0.4, 0.5) is 0 Å². The highest BCUT2D eigenvalue weighted by Crippen LogP contribution is 2.17. The van der Waals surface area contributed by atoms with Crippen molar-refractivity contribution in [2.75, 3.05) is 13.1 Å². The molecular weight excluding hydrogens is 320 g/mol. The van der Waals surface area contributed by atoms with Crippen molar-refractivity contribution in [1.29, 1.82) is 0 Å². The lowest BCUT2D eigenvalue weighted by molar-refractivity contribution is 0.0698. The molecule has 0 unspecified atom stereocenters. The second-order valence-corrected chi connectivity index (χ2v) is 7.26. The van der Waals surface area contributed by atoms with Gasteiger partial charge in [0.05, 0.1) is 4.88 Å². The number of aryl methyl sites for hydroxylation is 2. The van der Waals surface area contributed by atoms with E-state index in [-0.39, 0.29) is 17.9 Å². The summed E-state index contributed by atoms with van der Waals surface area (Å²) in [6.07, 6.45) is 1.60. The van der Waals surface area contributed by atoms with E-state index in [0.717, 1.165) is 28.8 Å². The van der Waals surface area contributed by atoms with E-state index in [1.807, 2.05) is 54.5 Å². The van der Waals surface area contributed by atoms with Gasteiger partial charge in [0.25, 0.3) is 11.8 Å². The largest absolute Gasteiger partial charge is 0.348 e. The number of rotatable bonds is 3. The molecule has 4 nitrogen and oxygen atoms in total. The summed E-state index contributed by atoms with van der Waals surface area (Å²) in [4.78, 5) is 27.3. The number of benzene rings is 1. The van der Waals surface area contributed by atoms with E-state index in [0.29, 0.717) is 13.1 Å². The highest BCUT2D eigenvalue weighted by Gasteiger charge is 2.25. The first-order valence-corrected chi connectivity index (χ1v) is 9.13. The summed E-state index contributed by atoms with van der Waals surface area (Å²) in [5.74, 6) is 0.0741. The maximum Gasteiger partial charge on any atom is 0.261 e. The molecule has 0 spiro atoms. The van der Waals surface area contributed by atoms with Gasteiger partial charge in [0, 0.05) is 24.7 Å².